The van der Waals surface area contributed by atoms with Crippen LogP contribution in [0, 0.1) is 5.92 Å². The van der Waals surface area contributed by atoms with Gasteiger partial charge in [0.1, 0.15) is 12.4 Å². The minimum atomic E-state index is -0.0302. The van der Waals surface area contributed by atoms with E-state index in [1.165, 1.54) is 0 Å². The van der Waals surface area contributed by atoms with Gasteiger partial charge in [-0.1, -0.05) is 61.8 Å². The zero-order valence-electron chi connectivity index (χ0n) is 11.6. The van der Waals surface area contributed by atoms with Gasteiger partial charge in [0.25, 0.3) is 0 Å². The molecular formula is C17H17ClO2. The van der Waals surface area contributed by atoms with Crippen molar-refractivity contribution < 1.29 is 9.53 Å². The molecule has 0 saturated heterocycles. The van der Waals surface area contributed by atoms with Crippen LogP contribution >= 0.6 is 11.6 Å². The number of halogens is 1. The Labute approximate surface area is 124 Å². The number of ketones is 1. The van der Waals surface area contributed by atoms with Crippen LogP contribution in [0.4, 0.5) is 0 Å². The Kier molecular flexibility index (Phi) is 4.80. The second-order valence-corrected chi connectivity index (χ2v) is 5.33. The van der Waals surface area contributed by atoms with Gasteiger partial charge in [-0.25, -0.2) is 0 Å². The molecule has 104 valence electrons. The summed E-state index contributed by atoms with van der Waals surface area (Å²) in [7, 11) is 0. The van der Waals surface area contributed by atoms with Crippen molar-refractivity contribution in [2.45, 2.75) is 13.8 Å². The van der Waals surface area contributed by atoms with Crippen LogP contribution in [0.15, 0.2) is 48.5 Å². The van der Waals surface area contributed by atoms with Gasteiger partial charge in [-0.3, -0.25) is 4.79 Å². The SMILES string of the molecule is CC(C)C(=O)COc1ccc(-c2ccccc2)cc1Cl. The van der Waals surface area contributed by atoms with E-state index in [1.807, 2.05) is 56.3 Å². The first-order valence-electron chi connectivity index (χ1n) is 6.58. The summed E-state index contributed by atoms with van der Waals surface area (Å²) in [4.78, 5) is 11.5. The Balaban J connectivity index is 2.12. The number of hydrogen-bond donors (Lipinski definition) is 0. The zero-order valence-corrected chi connectivity index (χ0v) is 12.4. The van der Waals surface area contributed by atoms with Gasteiger partial charge in [-0.2, -0.15) is 0 Å². The molecule has 2 nitrogen and oxygen atoms in total. The van der Waals surface area contributed by atoms with Gasteiger partial charge in [-0.15, -0.1) is 0 Å². The van der Waals surface area contributed by atoms with Crippen LogP contribution in [0.3, 0.4) is 0 Å². The monoisotopic (exact) mass is 288 g/mol. The largest absolute Gasteiger partial charge is 0.484 e. The Morgan fingerprint density at radius 2 is 1.80 bits per heavy atom. The lowest BCUT2D eigenvalue weighted by molar-refractivity contribution is -0.123. The molecule has 0 radical (unpaired) electrons. The highest BCUT2D eigenvalue weighted by atomic mass is 35.5. The van der Waals surface area contributed by atoms with E-state index in [0.717, 1.165) is 11.1 Å². The number of rotatable bonds is 5. The van der Waals surface area contributed by atoms with E-state index in [-0.39, 0.29) is 18.3 Å². The van der Waals surface area contributed by atoms with Crippen molar-refractivity contribution in [1.82, 2.24) is 0 Å². The Morgan fingerprint density at radius 1 is 1.10 bits per heavy atom. The maximum absolute atomic E-state index is 11.5. The number of ether oxygens (including phenoxy) is 1. The molecule has 0 amide bonds. The van der Waals surface area contributed by atoms with Crippen molar-refractivity contribution in [1.29, 1.82) is 0 Å². The van der Waals surface area contributed by atoms with Crippen LogP contribution in [0.2, 0.25) is 5.02 Å². The molecule has 0 atom stereocenters. The molecule has 0 fully saturated rings. The summed E-state index contributed by atoms with van der Waals surface area (Å²) in [5.41, 5.74) is 2.12. The molecule has 0 unspecified atom stereocenters. The molecule has 2 aromatic carbocycles. The van der Waals surface area contributed by atoms with Crippen molar-refractivity contribution in [3.8, 4) is 16.9 Å². The fourth-order valence-electron chi connectivity index (χ4n) is 1.74. The summed E-state index contributed by atoms with van der Waals surface area (Å²) >= 11 is 6.21. The molecular weight excluding hydrogens is 272 g/mol. The predicted molar refractivity (Wildman–Crippen MR) is 82.2 cm³/mol. The molecule has 0 aliphatic rings. The van der Waals surface area contributed by atoms with Gasteiger partial charge in [0.05, 0.1) is 5.02 Å². The van der Waals surface area contributed by atoms with Gasteiger partial charge >= 0.3 is 0 Å². The Morgan fingerprint density at radius 3 is 2.40 bits per heavy atom. The highest BCUT2D eigenvalue weighted by Crippen LogP contribution is 2.30. The van der Waals surface area contributed by atoms with Gasteiger partial charge in [0.15, 0.2) is 5.78 Å². The van der Waals surface area contributed by atoms with E-state index in [9.17, 15) is 4.79 Å². The normalized spacial score (nSPS) is 10.6. The first kappa shape index (κ1) is 14.6. The molecule has 0 bridgehead atoms. The standard InChI is InChI=1S/C17H17ClO2/c1-12(2)16(19)11-20-17-9-8-14(10-15(17)18)13-6-4-3-5-7-13/h3-10,12H,11H2,1-2H3. The van der Waals surface area contributed by atoms with E-state index < -0.39 is 0 Å². The number of Topliss-reactive ketones (excluding diaryl/α,β-unsaturated/α-hetero) is 1. The average molecular weight is 289 g/mol. The zero-order chi connectivity index (χ0) is 14.5. The third-order valence-electron chi connectivity index (χ3n) is 3.05. The average Bonchev–Trinajstić information content (AvgIpc) is 2.46. The summed E-state index contributed by atoms with van der Waals surface area (Å²) in [6.07, 6.45) is 0. The van der Waals surface area contributed by atoms with Crippen molar-refractivity contribution in [3.63, 3.8) is 0 Å². The lowest BCUT2D eigenvalue weighted by atomic mass is 10.1. The summed E-state index contributed by atoms with van der Waals surface area (Å²) in [5, 5.41) is 0.517. The number of carbonyl (C=O) groups excluding carboxylic acids is 1. The number of carbonyl (C=O) groups is 1. The maximum Gasteiger partial charge on any atom is 0.172 e. The van der Waals surface area contributed by atoms with Crippen molar-refractivity contribution >= 4 is 17.4 Å². The first-order valence-corrected chi connectivity index (χ1v) is 6.96. The third-order valence-corrected chi connectivity index (χ3v) is 3.35. The summed E-state index contributed by atoms with van der Waals surface area (Å²) < 4.78 is 5.47. The molecule has 0 saturated carbocycles. The smallest absolute Gasteiger partial charge is 0.172 e. The van der Waals surface area contributed by atoms with Crippen molar-refractivity contribution in [2.24, 2.45) is 5.92 Å². The van der Waals surface area contributed by atoms with Gasteiger partial charge < -0.3 is 4.74 Å². The van der Waals surface area contributed by atoms with Gasteiger partial charge in [0, 0.05) is 5.92 Å². The topological polar surface area (TPSA) is 26.3 Å². The van der Waals surface area contributed by atoms with E-state index >= 15 is 0 Å². The fourth-order valence-corrected chi connectivity index (χ4v) is 1.98. The van der Waals surface area contributed by atoms with Crippen LogP contribution in [0.1, 0.15) is 13.8 Å². The van der Waals surface area contributed by atoms with Crippen LogP contribution < -0.4 is 4.74 Å². The molecule has 20 heavy (non-hydrogen) atoms. The first-order chi connectivity index (χ1) is 9.58. The van der Waals surface area contributed by atoms with E-state index in [2.05, 4.69) is 0 Å². The fraction of sp³-hybridized carbons (Fsp3) is 0.235. The summed E-state index contributed by atoms with van der Waals surface area (Å²) in [6, 6.07) is 15.6. The number of benzene rings is 2. The molecule has 2 aromatic rings. The molecule has 2 rings (SSSR count). The minimum absolute atomic E-state index is 0.0302. The predicted octanol–water partition coefficient (Wildman–Crippen LogP) is 4.61. The molecule has 0 heterocycles. The molecule has 0 aliphatic carbocycles. The molecule has 0 spiro atoms. The van der Waals surface area contributed by atoms with Crippen LogP contribution in [-0.4, -0.2) is 12.4 Å². The molecule has 0 aromatic heterocycles. The highest BCUT2D eigenvalue weighted by molar-refractivity contribution is 6.32. The van der Waals surface area contributed by atoms with Crippen LogP contribution in [-0.2, 0) is 4.79 Å². The van der Waals surface area contributed by atoms with Crippen molar-refractivity contribution in [2.75, 3.05) is 6.61 Å². The lowest BCUT2D eigenvalue weighted by Gasteiger charge is -2.10. The quantitative estimate of drug-likeness (QED) is 0.803. The minimum Gasteiger partial charge on any atom is -0.484 e. The number of hydrogen-bond acceptors (Lipinski definition) is 2. The summed E-state index contributed by atoms with van der Waals surface area (Å²) in [5.74, 6) is 0.575. The highest BCUT2D eigenvalue weighted by Gasteiger charge is 2.10. The lowest BCUT2D eigenvalue weighted by Crippen LogP contribution is -2.16. The molecule has 0 N–H and O–H groups in total. The third kappa shape index (κ3) is 3.61. The second-order valence-electron chi connectivity index (χ2n) is 4.92. The van der Waals surface area contributed by atoms with Gasteiger partial charge in [0.2, 0.25) is 0 Å². The van der Waals surface area contributed by atoms with Crippen molar-refractivity contribution in [3.05, 3.63) is 53.6 Å². The Hall–Kier alpha value is -1.80. The molecule has 0 aliphatic heterocycles. The summed E-state index contributed by atoms with van der Waals surface area (Å²) in [6.45, 7) is 3.76. The van der Waals surface area contributed by atoms with Gasteiger partial charge in [-0.05, 0) is 23.3 Å². The Bertz CT molecular complexity index is 591. The van der Waals surface area contributed by atoms with Crippen LogP contribution in [0.25, 0.3) is 11.1 Å². The molecule has 3 heteroatoms. The van der Waals surface area contributed by atoms with E-state index in [0.29, 0.717) is 10.8 Å². The van der Waals surface area contributed by atoms with E-state index in [1.54, 1.807) is 6.07 Å². The maximum atomic E-state index is 11.5. The van der Waals surface area contributed by atoms with Crippen LogP contribution in [0.5, 0.6) is 5.75 Å². The van der Waals surface area contributed by atoms with E-state index in [4.69, 9.17) is 16.3 Å². The second kappa shape index (κ2) is 6.58.